The first-order valence-electron chi connectivity index (χ1n) is 3.76. The average molecular weight is 259 g/mol. The normalized spacial score (nSPS) is 9.81. The minimum atomic E-state index is -3.28. The number of benzene rings is 1. The third-order valence-electron chi connectivity index (χ3n) is 1.58. The number of nitrogens with two attached hydrogens (primary N) is 1. The van der Waals surface area contributed by atoms with Crippen LogP contribution in [0.4, 0.5) is 28.9 Å². The second-order valence-electron chi connectivity index (χ2n) is 2.61. The van der Waals surface area contributed by atoms with Crippen molar-refractivity contribution in [1.82, 2.24) is 0 Å². The van der Waals surface area contributed by atoms with Gasteiger partial charge in [0.05, 0.1) is 5.69 Å². The van der Waals surface area contributed by atoms with Crippen molar-refractivity contribution in [2.24, 2.45) is 0 Å². The minimum absolute atomic E-state index is 0. The second-order valence-corrected chi connectivity index (χ2v) is 2.61. The molecule has 90 valence electrons. The zero-order valence-corrected chi connectivity index (χ0v) is 8.45. The quantitative estimate of drug-likeness (QED) is 0.631. The fourth-order valence-electron chi connectivity index (χ4n) is 0.853. The smallest absolute Gasteiger partial charge is 0.315 e. The number of nitrogen functional groups attached to an aromatic ring is 1. The summed E-state index contributed by atoms with van der Waals surface area (Å²) in [6, 6.07) is 1.57. The Labute approximate surface area is 94.0 Å². The molecule has 1 aromatic carbocycles. The van der Waals surface area contributed by atoms with Gasteiger partial charge in [-0.3, -0.25) is 4.79 Å². The maximum absolute atomic E-state index is 13.1. The van der Waals surface area contributed by atoms with E-state index in [1.54, 1.807) is 5.32 Å². The predicted octanol–water partition coefficient (Wildman–Crippen LogP) is 2.17. The number of amides is 1. The molecule has 0 aliphatic rings. The van der Waals surface area contributed by atoms with Crippen molar-refractivity contribution < 1.29 is 22.4 Å². The Balaban J connectivity index is 0.00000225. The Kier molecular flexibility index (Phi) is 5.03. The SMILES string of the molecule is Cl.Nc1c(F)ccc(NC(=O)C(F)F)c1F. The van der Waals surface area contributed by atoms with Crippen LogP contribution in [0.5, 0.6) is 0 Å². The third kappa shape index (κ3) is 2.99. The van der Waals surface area contributed by atoms with Gasteiger partial charge in [-0.25, -0.2) is 8.78 Å². The van der Waals surface area contributed by atoms with E-state index in [2.05, 4.69) is 0 Å². The van der Waals surface area contributed by atoms with E-state index in [4.69, 9.17) is 5.73 Å². The Hall–Kier alpha value is -1.50. The molecule has 3 N–H and O–H groups in total. The Morgan fingerprint density at radius 2 is 1.88 bits per heavy atom. The zero-order valence-electron chi connectivity index (χ0n) is 7.64. The number of rotatable bonds is 2. The lowest BCUT2D eigenvalue weighted by Gasteiger charge is -2.07. The van der Waals surface area contributed by atoms with Crippen molar-refractivity contribution in [2.45, 2.75) is 6.43 Å². The fourth-order valence-corrected chi connectivity index (χ4v) is 0.853. The number of hydrogen-bond acceptors (Lipinski definition) is 2. The highest BCUT2D eigenvalue weighted by atomic mass is 35.5. The van der Waals surface area contributed by atoms with E-state index in [1.807, 2.05) is 0 Å². The number of anilines is 2. The fraction of sp³-hybridized carbons (Fsp3) is 0.125. The third-order valence-corrected chi connectivity index (χ3v) is 1.58. The molecule has 0 heterocycles. The van der Waals surface area contributed by atoms with Gasteiger partial charge in [0.25, 0.3) is 5.91 Å². The van der Waals surface area contributed by atoms with E-state index < -0.39 is 35.3 Å². The monoisotopic (exact) mass is 258 g/mol. The van der Waals surface area contributed by atoms with Crippen molar-refractivity contribution >= 4 is 29.7 Å². The van der Waals surface area contributed by atoms with Crippen LogP contribution in [0.25, 0.3) is 0 Å². The summed E-state index contributed by atoms with van der Waals surface area (Å²) in [4.78, 5) is 10.5. The van der Waals surface area contributed by atoms with Crippen LogP contribution in [0.15, 0.2) is 12.1 Å². The van der Waals surface area contributed by atoms with Crippen molar-refractivity contribution in [1.29, 1.82) is 0 Å². The molecule has 3 nitrogen and oxygen atoms in total. The summed E-state index contributed by atoms with van der Waals surface area (Å²) >= 11 is 0. The summed E-state index contributed by atoms with van der Waals surface area (Å²) in [5, 5.41) is 1.57. The number of alkyl halides is 2. The largest absolute Gasteiger partial charge is 0.394 e. The van der Waals surface area contributed by atoms with Gasteiger partial charge in [-0.2, -0.15) is 8.78 Å². The van der Waals surface area contributed by atoms with Crippen molar-refractivity contribution in [3.05, 3.63) is 23.8 Å². The Bertz CT molecular complexity index is 400. The van der Waals surface area contributed by atoms with Crippen LogP contribution in [0.1, 0.15) is 0 Å². The maximum atomic E-state index is 13.1. The molecular weight excluding hydrogens is 252 g/mol. The summed E-state index contributed by atoms with van der Waals surface area (Å²) in [7, 11) is 0. The van der Waals surface area contributed by atoms with Crippen molar-refractivity contribution in [3.8, 4) is 0 Å². The highest BCUT2D eigenvalue weighted by molar-refractivity contribution is 5.93. The molecule has 0 fully saturated rings. The molecule has 0 unspecified atom stereocenters. The number of halogens is 5. The van der Waals surface area contributed by atoms with Gasteiger partial charge in [-0.05, 0) is 12.1 Å². The van der Waals surface area contributed by atoms with Gasteiger partial charge >= 0.3 is 6.43 Å². The lowest BCUT2D eigenvalue weighted by Crippen LogP contribution is -2.21. The van der Waals surface area contributed by atoms with E-state index >= 15 is 0 Å². The summed E-state index contributed by atoms with van der Waals surface area (Å²) in [5.41, 5.74) is 3.53. The first-order chi connectivity index (χ1) is 6.93. The van der Waals surface area contributed by atoms with Crippen molar-refractivity contribution in [3.63, 3.8) is 0 Å². The topological polar surface area (TPSA) is 55.1 Å². The van der Waals surface area contributed by atoms with Gasteiger partial charge in [-0.1, -0.05) is 0 Å². The molecule has 0 radical (unpaired) electrons. The standard InChI is InChI=1S/C8H6F4N2O.ClH/c9-3-1-2-4(5(10)6(3)13)14-8(15)7(11)12;/h1-2,7H,13H2,(H,14,15);1H. The Morgan fingerprint density at radius 3 is 2.38 bits per heavy atom. The summed E-state index contributed by atoms with van der Waals surface area (Å²) in [5.74, 6) is -3.98. The molecule has 16 heavy (non-hydrogen) atoms. The molecule has 0 saturated heterocycles. The summed E-state index contributed by atoms with van der Waals surface area (Å²) in [6.07, 6.45) is -3.28. The molecule has 0 bridgehead atoms. The molecule has 8 heteroatoms. The highest BCUT2D eigenvalue weighted by Crippen LogP contribution is 2.23. The molecule has 0 aliphatic heterocycles. The zero-order chi connectivity index (χ0) is 11.6. The molecule has 0 aliphatic carbocycles. The van der Waals surface area contributed by atoms with E-state index in [0.29, 0.717) is 0 Å². The summed E-state index contributed by atoms with van der Waals surface area (Å²) < 4.78 is 49.3. The van der Waals surface area contributed by atoms with E-state index in [-0.39, 0.29) is 12.4 Å². The average Bonchev–Trinajstić information content (AvgIpc) is 2.18. The lowest BCUT2D eigenvalue weighted by molar-refractivity contribution is -0.126. The van der Waals surface area contributed by atoms with Crippen LogP contribution in [0.2, 0.25) is 0 Å². The van der Waals surface area contributed by atoms with Crippen LogP contribution in [-0.2, 0) is 4.79 Å². The minimum Gasteiger partial charge on any atom is -0.394 e. The molecular formula is C8H7ClF4N2O. The van der Waals surface area contributed by atoms with Gasteiger partial charge in [-0.15, -0.1) is 12.4 Å². The van der Waals surface area contributed by atoms with E-state index in [9.17, 15) is 22.4 Å². The van der Waals surface area contributed by atoms with Crippen LogP contribution < -0.4 is 11.1 Å². The second kappa shape index (κ2) is 5.55. The first-order valence-corrected chi connectivity index (χ1v) is 3.76. The molecule has 1 rings (SSSR count). The van der Waals surface area contributed by atoms with E-state index in [1.165, 1.54) is 0 Å². The summed E-state index contributed by atoms with van der Waals surface area (Å²) in [6.45, 7) is 0. The molecule has 1 amide bonds. The van der Waals surface area contributed by atoms with Gasteiger partial charge in [0, 0.05) is 0 Å². The number of carbonyl (C=O) groups is 1. The van der Waals surface area contributed by atoms with Gasteiger partial charge in [0.1, 0.15) is 11.5 Å². The van der Waals surface area contributed by atoms with E-state index in [0.717, 1.165) is 12.1 Å². The first kappa shape index (κ1) is 14.5. The number of nitrogens with one attached hydrogen (secondary N) is 1. The number of carbonyl (C=O) groups excluding carboxylic acids is 1. The predicted molar refractivity (Wildman–Crippen MR) is 52.7 cm³/mol. The molecule has 0 atom stereocenters. The maximum Gasteiger partial charge on any atom is 0.315 e. The molecule has 0 spiro atoms. The van der Waals surface area contributed by atoms with Crippen molar-refractivity contribution in [2.75, 3.05) is 11.1 Å². The van der Waals surface area contributed by atoms with Gasteiger partial charge < -0.3 is 11.1 Å². The van der Waals surface area contributed by atoms with Crippen LogP contribution in [-0.4, -0.2) is 12.3 Å². The van der Waals surface area contributed by atoms with Crippen LogP contribution in [0, 0.1) is 11.6 Å². The van der Waals surface area contributed by atoms with Gasteiger partial charge in [0.15, 0.2) is 5.82 Å². The van der Waals surface area contributed by atoms with Crippen LogP contribution in [0.3, 0.4) is 0 Å². The molecule has 0 saturated carbocycles. The number of hydrogen-bond donors (Lipinski definition) is 2. The highest BCUT2D eigenvalue weighted by Gasteiger charge is 2.18. The van der Waals surface area contributed by atoms with Crippen LogP contribution >= 0.6 is 12.4 Å². The Morgan fingerprint density at radius 1 is 1.31 bits per heavy atom. The molecule has 1 aromatic rings. The molecule has 0 aromatic heterocycles. The van der Waals surface area contributed by atoms with Gasteiger partial charge in [0.2, 0.25) is 0 Å². The lowest BCUT2D eigenvalue weighted by atomic mass is 10.2.